The van der Waals surface area contributed by atoms with E-state index in [9.17, 15) is 0 Å². The van der Waals surface area contributed by atoms with E-state index in [1.54, 1.807) is 0 Å². The van der Waals surface area contributed by atoms with Crippen molar-refractivity contribution >= 4 is 43.8 Å². The molecule has 2 unspecified atom stereocenters. The summed E-state index contributed by atoms with van der Waals surface area (Å²) in [6.45, 7) is 4.55. The molecule has 0 bridgehead atoms. The van der Waals surface area contributed by atoms with E-state index in [-0.39, 0.29) is 7.25 Å². The van der Waals surface area contributed by atoms with E-state index in [1.165, 1.54) is 55.7 Å². The summed E-state index contributed by atoms with van der Waals surface area (Å²) in [5.41, 5.74) is 13.1. The Kier molecular flexibility index (Phi) is 7.00. The molecule has 38 heavy (non-hydrogen) atoms. The predicted octanol–water partition coefficient (Wildman–Crippen LogP) is 10.9. The number of hydrogen-bond acceptors (Lipinski definition) is 0. The summed E-state index contributed by atoms with van der Waals surface area (Å²) in [6.07, 6.45) is 4.78. The first-order valence-electron chi connectivity index (χ1n) is 13.3. The molecule has 0 aliphatic heterocycles. The van der Waals surface area contributed by atoms with Crippen molar-refractivity contribution in [2.75, 3.05) is 0 Å². The molecule has 0 fully saturated rings. The standard InChI is InChI=1S/2C16H13.2CH3.2ClH.Sn.Zr/c2*1-12-10-14-8-5-9-15(16(14)11-12)13-6-3-2-4-7-13;;;;;;/h2*2-11H,1H3;2*1H3;2*1H;;/q;;;;;;;+2/p-2. The average Bonchev–Trinajstić information content (AvgIpc) is 3.46. The zero-order valence-corrected chi connectivity index (χ0v) is 29.1. The molecule has 0 aromatic heterocycles. The number of fused-ring (bicyclic) bond motifs is 2. The van der Waals surface area contributed by atoms with E-state index in [4.69, 9.17) is 17.0 Å². The number of halogens is 2. The predicted molar refractivity (Wildman–Crippen MR) is 166 cm³/mol. The van der Waals surface area contributed by atoms with Gasteiger partial charge < -0.3 is 0 Å². The van der Waals surface area contributed by atoms with Gasteiger partial charge in [-0.3, -0.25) is 0 Å². The third-order valence-electron chi connectivity index (χ3n) is 8.74. The van der Waals surface area contributed by atoms with Gasteiger partial charge in [-0.15, -0.1) is 0 Å². The van der Waals surface area contributed by atoms with Crippen molar-refractivity contribution in [2.45, 2.75) is 31.0 Å². The van der Waals surface area contributed by atoms with Crippen LogP contribution >= 0.6 is 17.0 Å². The molecule has 0 N–H and O–H groups in total. The van der Waals surface area contributed by atoms with Crippen LogP contribution in [0.4, 0.5) is 0 Å². The van der Waals surface area contributed by atoms with Crippen molar-refractivity contribution in [2.24, 2.45) is 0 Å². The molecule has 4 aromatic carbocycles. The van der Waals surface area contributed by atoms with Crippen LogP contribution in [0.1, 0.15) is 43.4 Å². The molecule has 2 aliphatic carbocycles. The maximum absolute atomic E-state index is 8.36. The van der Waals surface area contributed by atoms with Crippen molar-refractivity contribution in [3.63, 3.8) is 0 Å². The zero-order chi connectivity index (χ0) is 26.7. The van der Waals surface area contributed by atoms with Gasteiger partial charge in [-0.05, 0) is 0 Å². The Morgan fingerprint density at radius 2 is 0.947 bits per heavy atom. The Morgan fingerprint density at radius 3 is 1.32 bits per heavy atom. The van der Waals surface area contributed by atoms with Gasteiger partial charge >= 0.3 is 239 Å². The Labute approximate surface area is 236 Å². The first-order chi connectivity index (χ1) is 18.2. The number of allylic oxidation sites excluding steroid dienone is 2. The molecular weight excluding hydrogens is 689 g/mol. The third kappa shape index (κ3) is 4.02. The molecular formula is C34H32Cl2SnZr. The Bertz CT molecular complexity index is 1590. The Hall–Kier alpha value is -1.38. The molecule has 0 saturated heterocycles. The summed E-state index contributed by atoms with van der Waals surface area (Å²) in [7, 11) is 16.7. The maximum atomic E-state index is 8.36. The second-order valence-electron chi connectivity index (χ2n) is 11.1. The molecule has 6 rings (SSSR count). The summed E-state index contributed by atoms with van der Waals surface area (Å²) in [5.74, 6) is 0. The summed E-state index contributed by atoms with van der Waals surface area (Å²) < 4.78 is 0.282. The zero-order valence-electron chi connectivity index (χ0n) is 22.3. The van der Waals surface area contributed by atoms with Crippen molar-refractivity contribution in [3.8, 4) is 22.3 Å². The molecule has 190 valence electrons. The van der Waals surface area contributed by atoms with Crippen LogP contribution in [0.3, 0.4) is 0 Å². The second-order valence-corrected chi connectivity index (χ2v) is 81.5. The number of benzene rings is 4. The van der Waals surface area contributed by atoms with Crippen LogP contribution in [0, 0.1) is 0 Å². The fourth-order valence-corrected chi connectivity index (χ4v) is 58.5. The fourth-order valence-electron chi connectivity index (χ4n) is 6.99. The van der Waals surface area contributed by atoms with Gasteiger partial charge in [0.25, 0.3) is 0 Å². The molecule has 0 spiro atoms. The van der Waals surface area contributed by atoms with E-state index in [0.717, 1.165) is 0 Å². The molecule has 4 aromatic rings. The topological polar surface area (TPSA) is 0 Å². The van der Waals surface area contributed by atoms with E-state index in [1.807, 2.05) is 0 Å². The first-order valence-corrected chi connectivity index (χ1v) is 37.9. The minimum atomic E-state index is -4.57. The van der Waals surface area contributed by atoms with Gasteiger partial charge in [0, 0.05) is 0 Å². The van der Waals surface area contributed by atoms with Crippen molar-refractivity contribution in [1.29, 1.82) is 0 Å². The van der Waals surface area contributed by atoms with E-state index >= 15 is 0 Å². The van der Waals surface area contributed by atoms with Crippen LogP contribution in [-0.4, -0.2) is 14.6 Å². The molecule has 0 saturated carbocycles. The molecule has 0 amide bonds. The van der Waals surface area contributed by atoms with Gasteiger partial charge in [0.15, 0.2) is 0 Å². The quantitative estimate of drug-likeness (QED) is 0.184. The molecule has 0 nitrogen and oxygen atoms in total. The summed E-state index contributed by atoms with van der Waals surface area (Å²) >= 11 is -6.82. The van der Waals surface area contributed by atoms with Crippen LogP contribution in [0.15, 0.2) is 108 Å². The number of rotatable bonds is 4. The van der Waals surface area contributed by atoms with Gasteiger partial charge in [0.05, 0.1) is 0 Å². The van der Waals surface area contributed by atoms with Gasteiger partial charge in [0.1, 0.15) is 0 Å². The molecule has 2 atom stereocenters. The van der Waals surface area contributed by atoms with Crippen molar-refractivity contribution in [3.05, 3.63) is 130 Å². The second kappa shape index (κ2) is 9.92. The molecule has 4 heteroatoms. The SMILES string of the molecule is CC1=Cc2c(-c3ccccc3)cccc2[CH]1[Zr]([Cl])([Cl])([CH]1C(C)=Cc2c(-c3ccccc3)cccc21)=[Sn]([CH3])[CH3]. The van der Waals surface area contributed by atoms with Crippen LogP contribution in [0.5, 0.6) is 0 Å². The van der Waals surface area contributed by atoms with E-state index in [2.05, 4.69) is 133 Å². The molecule has 2 aliphatic rings. The van der Waals surface area contributed by atoms with E-state index in [0.29, 0.717) is 0 Å². The normalized spacial score (nSPS) is 18.5. The van der Waals surface area contributed by atoms with E-state index < -0.39 is 26.1 Å². The molecule has 0 heterocycles. The van der Waals surface area contributed by atoms with Crippen molar-refractivity contribution < 1.29 is 11.6 Å². The summed E-state index contributed by atoms with van der Waals surface area (Å²) in [6, 6.07) is 34.9. The minimum absolute atomic E-state index is 0.141. The van der Waals surface area contributed by atoms with Gasteiger partial charge in [-0.25, -0.2) is 0 Å². The van der Waals surface area contributed by atoms with Gasteiger partial charge in [-0.1, -0.05) is 0 Å². The number of hydrogen-bond donors (Lipinski definition) is 0. The van der Waals surface area contributed by atoms with Crippen LogP contribution in [0.25, 0.3) is 34.4 Å². The third-order valence-corrected chi connectivity index (χ3v) is 99.6. The summed E-state index contributed by atoms with van der Waals surface area (Å²) in [4.78, 5) is 4.93. The molecule has 0 radical (unpaired) electrons. The summed E-state index contributed by atoms with van der Waals surface area (Å²) in [5, 5.41) is 0. The first kappa shape index (κ1) is 26.8. The van der Waals surface area contributed by atoms with Gasteiger partial charge in [-0.2, -0.15) is 0 Å². The van der Waals surface area contributed by atoms with Crippen LogP contribution < -0.4 is 0 Å². The monoisotopic (exact) mass is 720 g/mol. The Balaban J connectivity index is 1.58. The van der Waals surface area contributed by atoms with Crippen LogP contribution in [0.2, 0.25) is 9.88 Å². The van der Waals surface area contributed by atoms with Gasteiger partial charge in [0.2, 0.25) is 0 Å². The average molecular weight is 721 g/mol. The fraction of sp³-hybridized carbons (Fsp3) is 0.176. The Morgan fingerprint density at radius 1 is 0.553 bits per heavy atom. The van der Waals surface area contributed by atoms with Crippen molar-refractivity contribution in [1.82, 2.24) is 0 Å². The van der Waals surface area contributed by atoms with Crippen LogP contribution in [-0.2, 0) is 11.6 Å².